The maximum atomic E-state index is 12.9. The van der Waals surface area contributed by atoms with Gasteiger partial charge in [0.25, 0.3) is 0 Å². The monoisotopic (exact) mass is 1320 g/mol. The molecule has 9 nitrogen and oxygen atoms in total. The van der Waals surface area contributed by atoms with Crippen molar-refractivity contribution < 1.29 is 42.1 Å². The van der Waals surface area contributed by atoms with Crippen LogP contribution in [0.1, 0.15) is 450 Å². The summed E-state index contributed by atoms with van der Waals surface area (Å²) in [6.45, 7) is 4.53. The van der Waals surface area contributed by atoms with Crippen molar-refractivity contribution in [2.45, 2.75) is 457 Å². The molecule has 0 aromatic rings. The lowest BCUT2D eigenvalue weighted by atomic mass is 10.0. The first-order valence-corrected chi connectivity index (χ1v) is 42.9. The van der Waals surface area contributed by atoms with Crippen LogP contribution in [0.2, 0.25) is 0 Å². The number of allylic oxidation sites excluding steroid dienone is 2. The first kappa shape index (κ1) is 90.8. The summed E-state index contributed by atoms with van der Waals surface area (Å²) in [6, 6.07) is 0. The summed E-state index contributed by atoms with van der Waals surface area (Å²) in [5.41, 5.74) is 0. The minimum absolute atomic E-state index is 0.0364. The summed E-state index contributed by atoms with van der Waals surface area (Å²) in [5.74, 6) is -0.768. The largest absolute Gasteiger partial charge is 0.472 e. The van der Waals surface area contributed by atoms with E-state index in [1.807, 2.05) is 21.1 Å². The summed E-state index contributed by atoms with van der Waals surface area (Å²) < 4.78 is 34.8. The van der Waals surface area contributed by atoms with E-state index < -0.39 is 26.5 Å². The van der Waals surface area contributed by atoms with E-state index in [1.165, 1.54) is 385 Å². The van der Waals surface area contributed by atoms with Gasteiger partial charge in [-0.1, -0.05) is 411 Å². The molecule has 0 aliphatic rings. The molecule has 0 aliphatic heterocycles. The molecule has 2 unspecified atom stereocenters. The van der Waals surface area contributed by atoms with Crippen molar-refractivity contribution in [1.29, 1.82) is 0 Å². The highest BCUT2D eigenvalue weighted by molar-refractivity contribution is 7.47. The molecule has 0 bridgehead atoms. The van der Waals surface area contributed by atoms with Crippen molar-refractivity contribution in [2.24, 2.45) is 0 Å². The van der Waals surface area contributed by atoms with Crippen LogP contribution in [0.4, 0.5) is 0 Å². The number of carbonyl (C=O) groups excluding carboxylic acids is 2. The van der Waals surface area contributed by atoms with Crippen molar-refractivity contribution in [3.05, 3.63) is 12.2 Å². The number of hydrogen-bond acceptors (Lipinski definition) is 7. The Bertz CT molecular complexity index is 1550. The molecule has 10 heteroatoms. The maximum Gasteiger partial charge on any atom is 0.472 e. The van der Waals surface area contributed by atoms with E-state index in [4.69, 9.17) is 18.5 Å². The number of quaternary nitrogens is 1. The van der Waals surface area contributed by atoms with Crippen LogP contribution >= 0.6 is 7.82 Å². The van der Waals surface area contributed by atoms with Crippen LogP contribution < -0.4 is 0 Å². The molecule has 0 aliphatic carbocycles. The van der Waals surface area contributed by atoms with Crippen molar-refractivity contribution in [3.63, 3.8) is 0 Å². The zero-order valence-electron chi connectivity index (χ0n) is 62.8. The summed E-state index contributed by atoms with van der Waals surface area (Å²) in [5, 5.41) is 0. The normalized spacial score (nSPS) is 13.0. The van der Waals surface area contributed by atoms with Crippen LogP contribution in [0.25, 0.3) is 0 Å². The number of phosphoric acid groups is 1. The molecule has 0 aromatic carbocycles. The molecule has 0 saturated heterocycles. The zero-order valence-corrected chi connectivity index (χ0v) is 63.7. The van der Waals surface area contributed by atoms with E-state index in [-0.39, 0.29) is 25.6 Å². The fourth-order valence-electron chi connectivity index (χ4n) is 13.0. The molecule has 2 atom stereocenters. The molecule has 548 valence electrons. The molecular formula is C82H163NO8P+. The standard InChI is InChI=1S/C82H162NO8P/c1-6-8-10-12-14-16-18-20-22-24-26-28-30-32-34-35-36-37-38-39-40-41-42-43-44-45-46-47-49-50-52-54-56-58-60-62-64-66-68-70-72-74-81(84)88-78-80(79-90-92(86,87)89-77-76-83(3,4)5)91-82(85)75-73-71-69-67-65-63-61-59-57-55-53-51-48-33-31-29-27-25-23-21-19-17-15-13-11-9-7-2/h25,27,80H,6-24,26,28-79H2,1-5H3/p+1/b27-25-. The molecule has 1 N–H and O–H groups in total. The number of likely N-dealkylation sites (N-methyl/N-ethyl adjacent to an activating group) is 1. The van der Waals surface area contributed by atoms with E-state index in [1.54, 1.807) is 0 Å². The molecule has 92 heavy (non-hydrogen) atoms. The van der Waals surface area contributed by atoms with E-state index in [0.717, 1.165) is 32.1 Å². The predicted molar refractivity (Wildman–Crippen MR) is 400 cm³/mol. The number of esters is 2. The second kappa shape index (κ2) is 74.0. The van der Waals surface area contributed by atoms with Gasteiger partial charge >= 0.3 is 19.8 Å². The highest BCUT2D eigenvalue weighted by Crippen LogP contribution is 2.43. The van der Waals surface area contributed by atoms with Crippen LogP contribution in [-0.4, -0.2) is 74.9 Å². The Balaban J connectivity index is 3.84. The smallest absolute Gasteiger partial charge is 0.462 e. The molecule has 0 rings (SSSR count). The van der Waals surface area contributed by atoms with Gasteiger partial charge in [0.05, 0.1) is 27.7 Å². The van der Waals surface area contributed by atoms with Gasteiger partial charge < -0.3 is 18.9 Å². The number of ether oxygens (including phenoxy) is 2. The number of carbonyl (C=O) groups is 2. The number of nitrogens with zero attached hydrogens (tertiary/aromatic N) is 1. The molecule has 0 saturated carbocycles. The van der Waals surface area contributed by atoms with Gasteiger partial charge in [-0.05, 0) is 38.5 Å². The first-order chi connectivity index (χ1) is 45.0. The summed E-state index contributed by atoms with van der Waals surface area (Å²) in [6.07, 6.45) is 93.9. The Morgan fingerprint density at radius 2 is 0.554 bits per heavy atom. The third-order valence-electron chi connectivity index (χ3n) is 19.3. The fourth-order valence-corrected chi connectivity index (χ4v) is 13.7. The van der Waals surface area contributed by atoms with Gasteiger partial charge in [-0.3, -0.25) is 18.6 Å². The Hall–Kier alpha value is -1.25. The Labute approximate surface area is 575 Å². The lowest BCUT2D eigenvalue weighted by Crippen LogP contribution is -2.37. The maximum absolute atomic E-state index is 12.9. The predicted octanol–water partition coefficient (Wildman–Crippen LogP) is 27.4. The Morgan fingerprint density at radius 1 is 0.326 bits per heavy atom. The van der Waals surface area contributed by atoms with Gasteiger partial charge in [0, 0.05) is 12.8 Å². The summed E-state index contributed by atoms with van der Waals surface area (Å²) in [7, 11) is 1.51. The number of hydrogen-bond donors (Lipinski definition) is 1. The SMILES string of the molecule is CCCCCCCCCC/C=C\CCCCCCCCCCCCCCCCCC(=O)OC(COC(=O)CCCCCCCCCCCCCCCCCCCCCCCCCCCCCCCCCCCCCCCCCCC)COP(=O)(O)OCC[N+](C)(C)C. The second-order valence-corrected chi connectivity index (χ2v) is 31.3. The summed E-state index contributed by atoms with van der Waals surface area (Å²) >= 11 is 0. The van der Waals surface area contributed by atoms with E-state index in [0.29, 0.717) is 23.9 Å². The minimum atomic E-state index is -4.39. The van der Waals surface area contributed by atoms with Crippen molar-refractivity contribution in [3.8, 4) is 0 Å². The third-order valence-corrected chi connectivity index (χ3v) is 20.3. The van der Waals surface area contributed by atoms with Gasteiger partial charge in [0.2, 0.25) is 0 Å². The van der Waals surface area contributed by atoms with E-state index in [9.17, 15) is 19.0 Å². The van der Waals surface area contributed by atoms with Gasteiger partial charge in [-0.15, -0.1) is 0 Å². The van der Waals surface area contributed by atoms with Gasteiger partial charge in [-0.25, -0.2) is 4.57 Å². The molecule has 0 aromatic heterocycles. The van der Waals surface area contributed by atoms with Crippen LogP contribution in [0.3, 0.4) is 0 Å². The number of phosphoric ester groups is 1. The van der Waals surface area contributed by atoms with Crippen LogP contribution in [0.15, 0.2) is 12.2 Å². The number of unbranched alkanes of at least 4 members (excludes halogenated alkanes) is 63. The average molecular weight is 1320 g/mol. The van der Waals surface area contributed by atoms with Crippen molar-refractivity contribution in [2.75, 3.05) is 47.5 Å². The minimum Gasteiger partial charge on any atom is -0.462 e. The van der Waals surface area contributed by atoms with Crippen LogP contribution in [0.5, 0.6) is 0 Å². The van der Waals surface area contributed by atoms with E-state index in [2.05, 4.69) is 26.0 Å². The molecule has 0 fully saturated rings. The van der Waals surface area contributed by atoms with Crippen LogP contribution in [-0.2, 0) is 32.7 Å². The fraction of sp³-hybridized carbons (Fsp3) is 0.951. The molecular weight excluding hydrogens is 1160 g/mol. The topological polar surface area (TPSA) is 108 Å². The molecule has 0 spiro atoms. The van der Waals surface area contributed by atoms with Crippen molar-refractivity contribution in [1.82, 2.24) is 0 Å². The van der Waals surface area contributed by atoms with Gasteiger partial charge in [-0.2, -0.15) is 0 Å². The van der Waals surface area contributed by atoms with Crippen molar-refractivity contribution >= 4 is 19.8 Å². The highest BCUT2D eigenvalue weighted by atomic mass is 31.2. The molecule has 0 amide bonds. The second-order valence-electron chi connectivity index (χ2n) is 29.9. The summed E-state index contributed by atoms with van der Waals surface area (Å²) in [4.78, 5) is 36.0. The third kappa shape index (κ3) is 77.8. The zero-order chi connectivity index (χ0) is 66.9. The van der Waals surface area contributed by atoms with Crippen LogP contribution in [0, 0.1) is 0 Å². The number of rotatable bonds is 79. The van der Waals surface area contributed by atoms with E-state index >= 15 is 0 Å². The highest BCUT2D eigenvalue weighted by Gasteiger charge is 2.27. The Kier molecular flexibility index (Phi) is 73.0. The molecule has 0 radical (unpaired) electrons. The average Bonchev–Trinajstić information content (AvgIpc) is 2.14. The molecule has 0 heterocycles. The van der Waals surface area contributed by atoms with Gasteiger partial charge in [0.1, 0.15) is 19.8 Å². The lowest BCUT2D eigenvalue weighted by molar-refractivity contribution is -0.870. The Morgan fingerprint density at radius 3 is 0.804 bits per heavy atom. The van der Waals surface area contributed by atoms with Gasteiger partial charge in [0.15, 0.2) is 6.10 Å². The first-order valence-electron chi connectivity index (χ1n) is 41.4. The lowest BCUT2D eigenvalue weighted by Gasteiger charge is -2.24. The quantitative estimate of drug-likeness (QED) is 0.0211.